The Balaban J connectivity index is 1.70. The van der Waals surface area contributed by atoms with Gasteiger partial charge in [-0.15, -0.1) is 0 Å². The van der Waals surface area contributed by atoms with Gasteiger partial charge in [-0.2, -0.15) is 5.10 Å². The molecular weight excluding hydrogens is 321 g/mol. The number of carbonyl (C=O) groups is 1. The van der Waals surface area contributed by atoms with E-state index in [1.54, 1.807) is 27.8 Å². The number of nitrogens with zero attached hydrogens (tertiary/aromatic N) is 3. The highest BCUT2D eigenvalue weighted by Gasteiger charge is 2.30. The fourth-order valence-corrected chi connectivity index (χ4v) is 3.86. The Bertz CT molecular complexity index is 802. The fourth-order valence-electron chi connectivity index (χ4n) is 3.86. The summed E-state index contributed by atoms with van der Waals surface area (Å²) in [4.78, 5) is 14.8. The summed E-state index contributed by atoms with van der Waals surface area (Å²) >= 11 is 0. The van der Waals surface area contributed by atoms with Gasteiger partial charge in [-0.1, -0.05) is 12.1 Å². The monoisotopic (exact) mass is 343 g/mol. The lowest BCUT2D eigenvalue weighted by molar-refractivity contribution is 0.0745. The number of benzene rings is 1. The number of carbonyl (C=O) groups excluding carboxylic acids is 1. The quantitative estimate of drug-likeness (QED) is 0.911. The molecule has 5 nitrogen and oxygen atoms in total. The van der Waals surface area contributed by atoms with Gasteiger partial charge in [-0.05, 0) is 50.7 Å². The molecule has 2 heterocycles. The predicted molar refractivity (Wildman–Crippen MR) is 91.3 cm³/mol. The Hall–Kier alpha value is -2.21. The van der Waals surface area contributed by atoms with Gasteiger partial charge < -0.3 is 10.0 Å². The molecule has 1 N–H and O–H groups in total. The van der Waals surface area contributed by atoms with Crippen molar-refractivity contribution < 1.29 is 14.3 Å². The summed E-state index contributed by atoms with van der Waals surface area (Å²) in [6.07, 6.45) is 4.36. The van der Waals surface area contributed by atoms with E-state index >= 15 is 0 Å². The highest BCUT2D eigenvalue weighted by Crippen LogP contribution is 2.29. The van der Waals surface area contributed by atoms with Crippen molar-refractivity contribution in [3.05, 3.63) is 47.0 Å². The van der Waals surface area contributed by atoms with Crippen LogP contribution in [-0.2, 0) is 12.8 Å². The molecule has 1 aromatic heterocycles. The second-order valence-electron chi connectivity index (χ2n) is 6.87. The SMILES string of the molecule is O=C(c1nn(-c2ccccc2F)c2c1CCC2)N1CCCC(O)CC1. The number of aliphatic hydroxyl groups is 1. The van der Waals surface area contributed by atoms with E-state index in [0.717, 1.165) is 43.4 Å². The molecule has 1 amide bonds. The molecule has 0 bridgehead atoms. The summed E-state index contributed by atoms with van der Waals surface area (Å²) in [5.41, 5.74) is 2.75. The molecule has 132 valence electrons. The Labute approximate surface area is 146 Å². The summed E-state index contributed by atoms with van der Waals surface area (Å²) < 4.78 is 15.8. The number of hydrogen-bond donors (Lipinski definition) is 1. The molecule has 1 atom stereocenters. The van der Waals surface area contributed by atoms with Crippen molar-refractivity contribution in [3.63, 3.8) is 0 Å². The molecule has 1 aliphatic carbocycles. The first-order chi connectivity index (χ1) is 12.1. The molecule has 1 saturated heterocycles. The molecular formula is C19H22FN3O2. The van der Waals surface area contributed by atoms with Crippen LogP contribution in [0.5, 0.6) is 0 Å². The van der Waals surface area contributed by atoms with Crippen LogP contribution < -0.4 is 0 Å². The van der Waals surface area contributed by atoms with Crippen LogP contribution >= 0.6 is 0 Å². The topological polar surface area (TPSA) is 58.4 Å². The Morgan fingerprint density at radius 1 is 1.16 bits per heavy atom. The van der Waals surface area contributed by atoms with Gasteiger partial charge >= 0.3 is 0 Å². The van der Waals surface area contributed by atoms with Crippen molar-refractivity contribution in [1.29, 1.82) is 0 Å². The molecule has 1 unspecified atom stereocenters. The third-order valence-electron chi connectivity index (χ3n) is 5.20. The average molecular weight is 343 g/mol. The van der Waals surface area contributed by atoms with Gasteiger partial charge in [0.05, 0.1) is 6.10 Å². The normalized spacial score (nSPS) is 20.4. The van der Waals surface area contributed by atoms with Crippen molar-refractivity contribution in [3.8, 4) is 5.69 Å². The maximum absolute atomic E-state index is 14.2. The van der Waals surface area contributed by atoms with E-state index in [-0.39, 0.29) is 17.8 Å². The Morgan fingerprint density at radius 3 is 2.84 bits per heavy atom. The first kappa shape index (κ1) is 16.3. The smallest absolute Gasteiger partial charge is 0.274 e. The zero-order chi connectivity index (χ0) is 17.4. The van der Waals surface area contributed by atoms with Gasteiger partial charge in [0.15, 0.2) is 5.69 Å². The molecule has 25 heavy (non-hydrogen) atoms. The Morgan fingerprint density at radius 2 is 2.00 bits per heavy atom. The van der Waals surface area contributed by atoms with Crippen LogP contribution in [-0.4, -0.2) is 44.9 Å². The van der Waals surface area contributed by atoms with Crippen LogP contribution in [0.15, 0.2) is 24.3 Å². The highest BCUT2D eigenvalue weighted by atomic mass is 19.1. The number of likely N-dealkylation sites (tertiary alicyclic amines) is 1. The lowest BCUT2D eigenvalue weighted by Crippen LogP contribution is -2.33. The molecule has 4 rings (SSSR count). The molecule has 0 spiro atoms. The molecule has 1 aliphatic heterocycles. The van der Waals surface area contributed by atoms with Gasteiger partial charge in [0.2, 0.25) is 0 Å². The largest absolute Gasteiger partial charge is 0.393 e. The Kier molecular flexibility index (Phi) is 4.29. The van der Waals surface area contributed by atoms with E-state index in [1.165, 1.54) is 6.07 Å². The van der Waals surface area contributed by atoms with E-state index in [2.05, 4.69) is 5.10 Å². The van der Waals surface area contributed by atoms with Gasteiger partial charge in [0.1, 0.15) is 11.5 Å². The lowest BCUT2D eigenvalue weighted by atomic mass is 10.1. The van der Waals surface area contributed by atoms with Crippen LogP contribution in [0.4, 0.5) is 4.39 Å². The van der Waals surface area contributed by atoms with Gasteiger partial charge in [-0.25, -0.2) is 9.07 Å². The fraction of sp³-hybridized carbons (Fsp3) is 0.474. The zero-order valence-electron chi connectivity index (χ0n) is 14.1. The number of fused-ring (bicyclic) bond motifs is 1. The van der Waals surface area contributed by atoms with E-state index in [0.29, 0.717) is 30.9 Å². The van der Waals surface area contributed by atoms with Crippen molar-refractivity contribution >= 4 is 5.91 Å². The van der Waals surface area contributed by atoms with E-state index < -0.39 is 0 Å². The molecule has 0 radical (unpaired) electrons. The van der Waals surface area contributed by atoms with Gasteiger partial charge in [-0.3, -0.25) is 4.79 Å². The number of para-hydroxylation sites is 1. The summed E-state index contributed by atoms with van der Waals surface area (Å²) in [5.74, 6) is -0.432. The van der Waals surface area contributed by atoms with Crippen molar-refractivity contribution in [2.45, 2.75) is 44.6 Å². The summed E-state index contributed by atoms with van der Waals surface area (Å²) in [6.45, 7) is 1.18. The van der Waals surface area contributed by atoms with E-state index in [4.69, 9.17) is 0 Å². The summed E-state index contributed by atoms with van der Waals surface area (Å²) in [5, 5.41) is 14.3. The van der Waals surface area contributed by atoms with Gasteiger partial charge in [0.25, 0.3) is 5.91 Å². The van der Waals surface area contributed by atoms with Crippen LogP contribution in [0.25, 0.3) is 5.69 Å². The minimum Gasteiger partial charge on any atom is -0.393 e. The maximum Gasteiger partial charge on any atom is 0.274 e. The standard InChI is InChI=1S/C19H22FN3O2/c20-15-7-1-2-8-17(15)23-16-9-3-6-14(16)18(21-23)19(25)22-11-4-5-13(24)10-12-22/h1-2,7-8,13,24H,3-6,9-12H2. The summed E-state index contributed by atoms with van der Waals surface area (Å²) in [6, 6.07) is 6.53. The third-order valence-corrected chi connectivity index (χ3v) is 5.20. The number of amides is 1. The third kappa shape index (κ3) is 2.95. The second-order valence-corrected chi connectivity index (χ2v) is 6.87. The minimum absolute atomic E-state index is 0.0951. The van der Waals surface area contributed by atoms with Crippen LogP contribution in [0, 0.1) is 5.82 Å². The molecule has 0 saturated carbocycles. The van der Waals surface area contributed by atoms with Crippen molar-refractivity contribution in [2.24, 2.45) is 0 Å². The minimum atomic E-state index is -0.336. The molecule has 2 aliphatic rings. The van der Waals surface area contributed by atoms with Crippen molar-refractivity contribution in [2.75, 3.05) is 13.1 Å². The number of hydrogen-bond acceptors (Lipinski definition) is 3. The molecule has 1 fully saturated rings. The van der Waals surface area contributed by atoms with Crippen LogP contribution in [0.2, 0.25) is 0 Å². The van der Waals surface area contributed by atoms with Crippen molar-refractivity contribution in [1.82, 2.24) is 14.7 Å². The van der Waals surface area contributed by atoms with E-state index in [1.807, 2.05) is 0 Å². The first-order valence-corrected chi connectivity index (χ1v) is 8.98. The highest BCUT2D eigenvalue weighted by molar-refractivity contribution is 5.94. The number of aliphatic hydroxyl groups excluding tert-OH is 1. The number of aromatic nitrogens is 2. The van der Waals surface area contributed by atoms with Crippen LogP contribution in [0.3, 0.4) is 0 Å². The number of rotatable bonds is 2. The van der Waals surface area contributed by atoms with Gasteiger partial charge in [0, 0.05) is 24.3 Å². The maximum atomic E-state index is 14.2. The van der Waals surface area contributed by atoms with Crippen LogP contribution in [0.1, 0.15) is 47.4 Å². The molecule has 2 aromatic rings. The molecule has 6 heteroatoms. The predicted octanol–water partition coefficient (Wildman–Crippen LogP) is 2.49. The zero-order valence-corrected chi connectivity index (χ0v) is 14.1. The number of halogens is 1. The van der Waals surface area contributed by atoms with E-state index in [9.17, 15) is 14.3 Å². The first-order valence-electron chi connectivity index (χ1n) is 8.98. The second kappa shape index (κ2) is 6.59. The summed E-state index contributed by atoms with van der Waals surface area (Å²) in [7, 11) is 0. The lowest BCUT2D eigenvalue weighted by Gasteiger charge is -2.19. The average Bonchev–Trinajstić information content (AvgIpc) is 3.14. The molecule has 1 aromatic carbocycles.